The number of Topliss-reactive ketones (excluding diaryl/α,β-unsaturated/α-hetero) is 1. The van der Waals surface area contributed by atoms with Crippen molar-refractivity contribution in [2.75, 3.05) is 13.6 Å². The molecule has 1 atom stereocenters. The minimum absolute atomic E-state index is 0.0748. The van der Waals surface area contributed by atoms with E-state index in [0.29, 0.717) is 6.54 Å². The summed E-state index contributed by atoms with van der Waals surface area (Å²) >= 11 is 0. The number of nitrogens with two attached hydrogens (primary N) is 2. The normalized spacial score (nSPS) is 10.9. The number of rotatable bonds is 6. The van der Waals surface area contributed by atoms with Crippen molar-refractivity contribution in [3.8, 4) is 0 Å². The molecule has 0 amide bonds. The molecule has 0 saturated heterocycles. The molecule has 15 heavy (non-hydrogen) atoms. The minimum Gasteiger partial charge on any atom is -0.370 e. The van der Waals surface area contributed by atoms with Crippen LogP contribution >= 0.6 is 0 Å². The number of nitrogens with zero attached hydrogens (tertiary/aromatic N) is 1. The zero-order valence-corrected chi connectivity index (χ0v) is 10.2. The lowest BCUT2D eigenvalue weighted by atomic mass is 10.1. The standard InChI is InChI=1S/C8H18N4O.C2H6/c1-6(13)7(11-2)4-3-5-12-8(9)10;1-2/h7,11H,3-5H2,1-2H3,(H4,9,10,12);1-2H3/t7-;/m0./s1. The van der Waals surface area contributed by atoms with Crippen molar-refractivity contribution in [2.24, 2.45) is 16.5 Å². The molecule has 0 bridgehead atoms. The Labute approximate surface area is 92.3 Å². The van der Waals surface area contributed by atoms with Gasteiger partial charge in [0.2, 0.25) is 0 Å². The summed E-state index contributed by atoms with van der Waals surface area (Å²) in [5.41, 5.74) is 10.3. The predicted molar refractivity (Wildman–Crippen MR) is 64.8 cm³/mol. The Kier molecular flexibility index (Phi) is 12.0. The largest absolute Gasteiger partial charge is 0.370 e. The Morgan fingerprint density at radius 3 is 2.27 bits per heavy atom. The molecule has 0 aromatic rings. The number of aliphatic imine (C=N–C) groups is 1. The van der Waals surface area contributed by atoms with E-state index in [1.54, 1.807) is 14.0 Å². The van der Waals surface area contributed by atoms with Gasteiger partial charge >= 0.3 is 0 Å². The van der Waals surface area contributed by atoms with E-state index in [9.17, 15) is 4.79 Å². The third-order valence-electron chi connectivity index (χ3n) is 1.78. The lowest BCUT2D eigenvalue weighted by molar-refractivity contribution is -0.119. The fourth-order valence-electron chi connectivity index (χ4n) is 1.05. The lowest BCUT2D eigenvalue weighted by Gasteiger charge is -2.10. The van der Waals surface area contributed by atoms with Crippen molar-refractivity contribution in [2.45, 2.75) is 39.7 Å². The van der Waals surface area contributed by atoms with Gasteiger partial charge in [0, 0.05) is 6.54 Å². The van der Waals surface area contributed by atoms with Gasteiger partial charge in [-0.3, -0.25) is 9.79 Å². The van der Waals surface area contributed by atoms with E-state index in [0.717, 1.165) is 12.8 Å². The molecule has 0 aliphatic rings. The number of ketones is 1. The van der Waals surface area contributed by atoms with E-state index < -0.39 is 0 Å². The van der Waals surface area contributed by atoms with Crippen LogP contribution < -0.4 is 16.8 Å². The maximum atomic E-state index is 11.0. The molecule has 0 spiro atoms. The van der Waals surface area contributed by atoms with Crippen LogP contribution in [0, 0.1) is 0 Å². The van der Waals surface area contributed by atoms with Crippen LogP contribution in [-0.2, 0) is 4.79 Å². The summed E-state index contributed by atoms with van der Waals surface area (Å²) in [5.74, 6) is 0.246. The van der Waals surface area contributed by atoms with Crippen molar-refractivity contribution in [1.29, 1.82) is 0 Å². The molecule has 90 valence electrons. The maximum Gasteiger partial charge on any atom is 0.185 e. The average molecular weight is 216 g/mol. The summed E-state index contributed by atoms with van der Waals surface area (Å²) in [6, 6.07) is -0.0748. The Hall–Kier alpha value is -1.10. The number of guanidine groups is 1. The smallest absolute Gasteiger partial charge is 0.185 e. The Morgan fingerprint density at radius 2 is 1.93 bits per heavy atom. The number of hydrogen-bond donors (Lipinski definition) is 3. The molecule has 0 aromatic heterocycles. The van der Waals surface area contributed by atoms with Gasteiger partial charge in [-0.25, -0.2) is 0 Å². The predicted octanol–water partition coefficient (Wildman–Crippen LogP) is 0.243. The van der Waals surface area contributed by atoms with Crippen LogP contribution in [0.15, 0.2) is 4.99 Å². The monoisotopic (exact) mass is 216 g/mol. The van der Waals surface area contributed by atoms with Crippen molar-refractivity contribution >= 4 is 11.7 Å². The van der Waals surface area contributed by atoms with Crippen molar-refractivity contribution in [3.05, 3.63) is 0 Å². The number of carbonyl (C=O) groups is 1. The van der Waals surface area contributed by atoms with Gasteiger partial charge < -0.3 is 16.8 Å². The summed E-state index contributed by atoms with van der Waals surface area (Å²) in [7, 11) is 1.77. The number of nitrogens with one attached hydrogen (secondary N) is 1. The second-order valence-electron chi connectivity index (χ2n) is 2.90. The topological polar surface area (TPSA) is 93.5 Å². The first kappa shape index (κ1) is 16.3. The summed E-state index contributed by atoms with van der Waals surface area (Å²) in [4.78, 5) is 14.8. The number of likely N-dealkylation sites (N-methyl/N-ethyl adjacent to an activating group) is 1. The van der Waals surface area contributed by atoms with Crippen LogP contribution in [0.25, 0.3) is 0 Å². The van der Waals surface area contributed by atoms with E-state index in [2.05, 4.69) is 10.3 Å². The first-order valence-corrected chi connectivity index (χ1v) is 5.31. The van der Waals surface area contributed by atoms with Crippen molar-refractivity contribution in [3.63, 3.8) is 0 Å². The molecular weight excluding hydrogens is 192 g/mol. The molecule has 0 radical (unpaired) electrons. The summed E-state index contributed by atoms with van der Waals surface area (Å²) < 4.78 is 0. The van der Waals surface area contributed by atoms with Gasteiger partial charge in [-0.15, -0.1) is 0 Å². The molecule has 0 aliphatic heterocycles. The van der Waals surface area contributed by atoms with Gasteiger partial charge in [-0.05, 0) is 26.8 Å². The summed E-state index contributed by atoms with van der Waals surface area (Å²) in [6.07, 6.45) is 1.58. The highest BCUT2D eigenvalue weighted by Crippen LogP contribution is 1.98. The molecule has 5 nitrogen and oxygen atoms in total. The molecule has 0 heterocycles. The van der Waals surface area contributed by atoms with Crippen molar-refractivity contribution in [1.82, 2.24) is 5.32 Å². The average Bonchev–Trinajstić information content (AvgIpc) is 2.20. The quantitative estimate of drug-likeness (QED) is 0.337. The fraction of sp³-hybridized carbons (Fsp3) is 0.800. The number of carbonyl (C=O) groups excluding carboxylic acids is 1. The summed E-state index contributed by atoms with van der Waals surface area (Å²) in [5, 5.41) is 2.93. The minimum atomic E-state index is -0.0748. The Bertz CT molecular complexity index is 188. The zero-order chi connectivity index (χ0) is 12.3. The Balaban J connectivity index is 0. The van der Waals surface area contributed by atoms with Crippen LogP contribution in [0.2, 0.25) is 0 Å². The van der Waals surface area contributed by atoms with E-state index in [1.807, 2.05) is 13.8 Å². The molecule has 5 heteroatoms. The lowest BCUT2D eigenvalue weighted by Crippen LogP contribution is -2.32. The first-order chi connectivity index (χ1) is 7.07. The second-order valence-corrected chi connectivity index (χ2v) is 2.90. The molecule has 0 saturated carbocycles. The van der Waals surface area contributed by atoms with E-state index in [-0.39, 0.29) is 17.8 Å². The highest BCUT2D eigenvalue weighted by molar-refractivity contribution is 5.81. The maximum absolute atomic E-state index is 11.0. The molecule has 0 rings (SSSR count). The Morgan fingerprint density at radius 1 is 1.40 bits per heavy atom. The van der Waals surface area contributed by atoms with Crippen LogP contribution in [0.5, 0.6) is 0 Å². The highest BCUT2D eigenvalue weighted by Gasteiger charge is 2.09. The van der Waals surface area contributed by atoms with Gasteiger partial charge in [0.25, 0.3) is 0 Å². The molecule has 5 N–H and O–H groups in total. The fourth-order valence-corrected chi connectivity index (χ4v) is 1.05. The van der Waals surface area contributed by atoms with E-state index in [1.165, 1.54) is 0 Å². The van der Waals surface area contributed by atoms with Crippen LogP contribution in [-0.4, -0.2) is 31.4 Å². The van der Waals surface area contributed by atoms with E-state index >= 15 is 0 Å². The molecule has 0 fully saturated rings. The summed E-state index contributed by atoms with van der Waals surface area (Å²) in [6.45, 7) is 6.15. The molecular formula is C10H24N4O. The van der Waals surface area contributed by atoms with Gasteiger partial charge in [-0.1, -0.05) is 13.8 Å². The van der Waals surface area contributed by atoms with E-state index in [4.69, 9.17) is 11.5 Å². The molecule has 0 unspecified atom stereocenters. The van der Waals surface area contributed by atoms with Gasteiger partial charge in [0.05, 0.1) is 6.04 Å². The van der Waals surface area contributed by atoms with Crippen LogP contribution in [0.3, 0.4) is 0 Å². The SMILES string of the molecule is CC.CN[C@@H](CCCN=C(N)N)C(C)=O. The third kappa shape index (κ3) is 10.8. The van der Waals surface area contributed by atoms with Crippen LogP contribution in [0.1, 0.15) is 33.6 Å². The van der Waals surface area contributed by atoms with Gasteiger partial charge in [0.1, 0.15) is 5.78 Å². The first-order valence-electron chi connectivity index (χ1n) is 5.31. The van der Waals surface area contributed by atoms with Crippen LogP contribution in [0.4, 0.5) is 0 Å². The third-order valence-corrected chi connectivity index (χ3v) is 1.78. The van der Waals surface area contributed by atoms with Gasteiger partial charge in [-0.2, -0.15) is 0 Å². The zero-order valence-electron chi connectivity index (χ0n) is 10.2. The second kappa shape index (κ2) is 11.0. The highest BCUT2D eigenvalue weighted by atomic mass is 16.1. The molecule has 0 aromatic carbocycles. The molecule has 0 aliphatic carbocycles. The number of hydrogen-bond acceptors (Lipinski definition) is 3. The van der Waals surface area contributed by atoms with Gasteiger partial charge in [0.15, 0.2) is 5.96 Å². The van der Waals surface area contributed by atoms with Crippen molar-refractivity contribution < 1.29 is 4.79 Å².